The van der Waals surface area contributed by atoms with E-state index in [-0.39, 0.29) is 0 Å². The first kappa shape index (κ1) is 12.3. The maximum atomic E-state index is 10.7. The second-order valence-corrected chi connectivity index (χ2v) is 3.51. The topological polar surface area (TPSA) is 98.3 Å². The molecule has 1 aromatic rings. The van der Waals surface area contributed by atoms with Gasteiger partial charge < -0.3 is 11.1 Å². The van der Waals surface area contributed by atoms with Crippen molar-refractivity contribution in [2.45, 2.75) is 6.04 Å². The van der Waals surface area contributed by atoms with Gasteiger partial charge in [-0.1, -0.05) is 29.8 Å². The summed E-state index contributed by atoms with van der Waals surface area (Å²) in [7, 11) is 0. The highest BCUT2D eigenvalue weighted by atomic mass is 35.5. The van der Waals surface area contributed by atoms with Crippen LogP contribution >= 0.6 is 11.6 Å². The van der Waals surface area contributed by atoms with Gasteiger partial charge >= 0.3 is 6.03 Å². The quantitative estimate of drug-likeness (QED) is 0.616. The van der Waals surface area contributed by atoms with Crippen LogP contribution in [0.3, 0.4) is 0 Å². The third kappa shape index (κ3) is 3.39. The number of primary amides is 1. The van der Waals surface area contributed by atoms with Gasteiger partial charge in [0, 0.05) is 9.95 Å². The van der Waals surface area contributed by atoms with Gasteiger partial charge in [-0.3, -0.25) is 10.1 Å². The maximum absolute atomic E-state index is 10.7. The van der Waals surface area contributed by atoms with Crippen molar-refractivity contribution in [3.05, 3.63) is 45.0 Å². The SMILES string of the molecule is NC(=O)NC(C[N+](=O)[O-])c1ccccc1Cl. The van der Waals surface area contributed by atoms with Crippen molar-refractivity contribution >= 4 is 17.6 Å². The summed E-state index contributed by atoms with van der Waals surface area (Å²) in [6.07, 6.45) is 0. The molecule has 0 fully saturated rings. The lowest BCUT2D eigenvalue weighted by molar-refractivity contribution is -0.484. The lowest BCUT2D eigenvalue weighted by Crippen LogP contribution is -2.36. The summed E-state index contributed by atoms with van der Waals surface area (Å²) in [5.41, 5.74) is 5.41. The molecule has 0 saturated heterocycles. The van der Waals surface area contributed by atoms with Crippen molar-refractivity contribution in [3.8, 4) is 0 Å². The normalized spacial score (nSPS) is 11.8. The highest BCUT2D eigenvalue weighted by molar-refractivity contribution is 6.31. The Morgan fingerprint density at radius 3 is 2.69 bits per heavy atom. The summed E-state index contributed by atoms with van der Waals surface area (Å²) in [5, 5.41) is 13.1. The van der Waals surface area contributed by atoms with E-state index in [9.17, 15) is 14.9 Å². The average Bonchev–Trinajstić information content (AvgIpc) is 2.15. The molecule has 1 unspecified atom stereocenters. The number of hydrogen-bond donors (Lipinski definition) is 2. The van der Waals surface area contributed by atoms with Gasteiger partial charge in [-0.25, -0.2) is 4.79 Å². The van der Waals surface area contributed by atoms with Gasteiger partial charge in [0.2, 0.25) is 6.54 Å². The number of urea groups is 1. The molecule has 1 aromatic carbocycles. The molecule has 0 bridgehead atoms. The van der Waals surface area contributed by atoms with Crippen molar-refractivity contribution in [1.82, 2.24) is 5.32 Å². The number of nitro groups is 1. The van der Waals surface area contributed by atoms with Crippen molar-refractivity contribution < 1.29 is 9.72 Å². The van der Waals surface area contributed by atoms with Crippen molar-refractivity contribution in [3.63, 3.8) is 0 Å². The molecule has 6 nitrogen and oxygen atoms in total. The summed E-state index contributed by atoms with van der Waals surface area (Å²) in [6.45, 7) is -0.466. The molecule has 0 aromatic heterocycles. The number of carbonyl (C=O) groups is 1. The maximum Gasteiger partial charge on any atom is 0.312 e. The minimum absolute atomic E-state index is 0.350. The average molecular weight is 244 g/mol. The molecule has 1 rings (SSSR count). The number of rotatable bonds is 4. The van der Waals surface area contributed by atoms with Crippen LogP contribution in [0.2, 0.25) is 5.02 Å². The van der Waals surface area contributed by atoms with Crippen LogP contribution in [0.25, 0.3) is 0 Å². The Morgan fingerprint density at radius 1 is 1.56 bits per heavy atom. The van der Waals surface area contributed by atoms with Crippen LogP contribution in [0.4, 0.5) is 4.79 Å². The first-order chi connectivity index (χ1) is 7.50. The van der Waals surface area contributed by atoms with Crippen LogP contribution in [0.5, 0.6) is 0 Å². The largest absolute Gasteiger partial charge is 0.352 e. The fraction of sp³-hybridized carbons (Fsp3) is 0.222. The van der Waals surface area contributed by atoms with Crippen molar-refractivity contribution in [1.29, 1.82) is 0 Å². The third-order valence-corrected chi connectivity index (χ3v) is 2.27. The zero-order chi connectivity index (χ0) is 12.1. The molecule has 86 valence electrons. The fourth-order valence-corrected chi connectivity index (χ4v) is 1.57. The van der Waals surface area contributed by atoms with Gasteiger partial charge in [0.15, 0.2) is 0 Å². The van der Waals surface area contributed by atoms with E-state index in [4.69, 9.17) is 17.3 Å². The molecule has 0 radical (unpaired) electrons. The number of nitrogens with zero attached hydrogens (tertiary/aromatic N) is 1. The highest BCUT2D eigenvalue weighted by Gasteiger charge is 2.21. The second-order valence-electron chi connectivity index (χ2n) is 3.10. The number of halogens is 1. The minimum Gasteiger partial charge on any atom is -0.352 e. The molecule has 3 N–H and O–H groups in total. The summed E-state index contributed by atoms with van der Waals surface area (Å²) >= 11 is 5.87. The molecule has 16 heavy (non-hydrogen) atoms. The van der Waals surface area contributed by atoms with Gasteiger partial charge in [0.05, 0.1) is 0 Å². The molecule has 0 spiro atoms. The molecule has 0 aliphatic rings. The Hall–Kier alpha value is -1.82. The summed E-state index contributed by atoms with van der Waals surface area (Å²) < 4.78 is 0. The van der Waals surface area contributed by atoms with Gasteiger partial charge in [-0.2, -0.15) is 0 Å². The number of amides is 2. The monoisotopic (exact) mass is 243 g/mol. The molecular weight excluding hydrogens is 234 g/mol. The Balaban J connectivity index is 2.96. The molecule has 0 heterocycles. The third-order valence-electron chi connectivity index (χ3n) is 1.93. The number of hydrogen-bond acceptors (Lipinski definition) is 3. The van der Waals surface area contributed by atoms with Crippen LogP contribution in [0.1, 0.15) is 11.6 Å². The lowest BCUT2D eigenvalue weighted by Gasteiger charge is -2.14. The highest BCUT2D eigenvalue weighted by Crippen LogP contribution is 2.22. The Bertz CT molecular complexity index is 395. The fourth-order valence-electron chi connectivity index (χ4n) is 1.30. The molecule has 0 aliphatic heterocycles. The molecule has 7 heteroatoms. The number of carbonyl (C=O) groups excluding carboxylic acids is 1. The molecule has 1 atom stereocenters. The zero-order valence-electron chi connectivity index (χ0n) is 8.22. The predicted octanol–water partition coefficient (Wildman–Crippen LogP) is 1.33. The Labute approximate surface area is 96.5 Å². The zero-order valence-corrected chi connectivity index (χ0v) is 8.98. The van der Waals surface area contributed by atoms with Crippen LogP contribution in [0.15, 0.2) is 24.3 Å². The van der Waals surface area contributed by atoms with E-state index in [2.05, 4.69) is 5.32 Å². The standard InChI is InChI=1S/C9H10ClN3O3/c10-7-4-2-1-3-6(7)8(5-13(15)16)12-9(11)14/h1-4,8H,5H2,(H3,11,12,14). The number of nitrogens with two attached hydrogens (primary N) is 1. The van der Waals surface area contributed by atoms with Crippen LogP contribution in [-0.2, 0) is 0 Å². The van der Waals surface area contributed by atoms with Gasteiger partial charge in [-0.15, -0.1) is 0 Å². The first-order valence-electron chi connectivity index (χ1n) is 4.43. The van der Waals surface area contributed by atoms with E-state index < -0.39 is 23.5 Å². The van der Waals surface area contributed by atoms with Gasteiger partial charge in [-0.05, 0) is 11.6 Å². The van der Waals surface area contributed by atoms with E-state index in [1.54, 1.807) is 24.3 Å². The van der Waals surface area contributed by atoms with Crippen LogP contribution < -0.4 is 11.1 Å². The lowest BCUT2D eigenvalue weighted by atomic mass is 10.1. The van der Waals surface area contributed by atoms with E-state index >= 15 is 0 Å². The van der Waals surface area contributed by atoms with E-state index in [0.717, 1.165) is 0 Å². The van der Waals surface area contributed by atoms with E-state index in [1.807, 2.05) is 0 Å². The number of nitrogens with one attached hydrogen (secondary N) is 1. The van der Waals surface area contributed by atoms with Crippen LogP contribution in [-0.4, -0.2) is 17.5 Å². The summed E-state index contributed by atoms with van der Waals surface area (Å²) in [4.78, 5) is 20.6. The molecule has 2 amide bonds. The minimum atomic E-state index is -0.827. The van der Waals surface area contributed by atoms with Crippen LogP contribution in [0, 0.1) is 10.1 Å². The van der Waals surface area contributed by atoms with E-state index in [1.165, 1.54) is 0 Å². The molecule has 0 saturated carbocycles. The molecule has 0 aliphatic carbocycles. The van der Waals surface area contributed by atoms with Crippen molar-refractivity contribution in [2.24, 2.45) is 5.73 Å². The van der Waals surface area contributed by atoms with Gasteiger partial charge in [0.25, 0.3) is 0 Å². The number of benzene rings is 1. The predicted molar refractivity (Wildman–Crippen MR) is 58.8 cm³/mol. The van der Waals surface area contributed by atoms with E-state index in [0.29, 0.717) is 10.6 Å². The molecular formula is C9H10ClN3O3. The smallest absolute Gasteiger partial charge is 0.312 e. The van der Waals surface area contributed by atoms with Crippen molar-refractivity contribution in [2.75, 3.05) is 6.54 Å². The summed E-state index contributed by atoms with van der Waals surface area (Å²) in [6, 6.07) is 4.92. The Morgan fingerprint density at radius 2 is 2.19 bits per heavy atom. The van der Waals surface area contributed by atoms with Gasteiger partial charge in [0.1, 0.15) is 6.04 Å². The Kier molecular flexibility index (Phi) is 4.07. The second kappa shape index (κ2) is 5.32. The summed E-state index contributed by atoms with van der Waals surface area (Å²) in [5.74, 6) is 0. The first-order valence-corrected chi connectivity index (χ1v) is 4.80.